The summed E-state index contributed by atoms with van der Waals surface area (Å²) in [6, 6.07) is 5.55. The number of hydrogen-bond donors (Lipinski definition) is 2. The number of rotatable bonds is 6. The quantitative estimate of drug-likeness (QED) is 0.252. The third-order valence-electron chi connectivity index (χ3n) is 4.73. The van der Waals surface area contributed by atoms with Crippen LogP contribution in [-0.2, 0) is 19.1 Å². The average Bonchev–Trinajstić information content (AvgIpc) is 3.49. The molecule has 1 aliphatic carbocycles. The van der Waals surface area contributed by atoms with E-state index in [2.05, 4.69) is 5.32 Å². The van der Waals surface area contributed by atoms with Crippen molar-refractivity contribution in [3.8, 4) is 0 Å². The maximum absolute atomic E-state index is 12.8. The number of nitrogens with zero attached hydrogens (tertiary/aromatic N) is 1. The van der Waals surface area contributed by atoms with Crippen molar-refractivity contribution in [2.45, 2.75) is 25.7 Å². The van der Waals surface area contributed by atoms with Gasteiger partial charge in [-0.1, -0.05) is 12.1 Å². The van der Waals surface area contributed by atoms with Gasteiger partial charge in [0.25, 0.3) is 17.5 Å². The molecule has 1 unspecified atom stereocenters. The van der Waals surface area contributed by atoms with E-state index in [9.17, 15) is 24.8 Å². The van der Waals surface area contributed by atoms with Gasteiger partial charge in [0, 0.05) is 17.8 Å². The highest BCUT2D eigenvalue weighted by Crippen LogP contribution is 2.40. The van der Waals surface area contributed by atoms with Gasteiger partial charge in [-0.05, 0) is 31.2 Å². The highest BCUT2D eigenvalue weighted by Gasteiger charge is 2.40. The van der Waals surface area contributed by atoms with Gasteiger partial charge in [-0.2, -0.15) is 0 Å². The first kappa shape index (κ1) is 19.4. The van der Waals surface area contributed by atoms with Crippen molar-refractivity contribution in [3.05, 3.63) is 62.7 Å². The number of carbonyl (C=O) groups is 2. The molecule has 1 atom stereocenters. The molecule has 9 nitrogen and oxygen atoms in total. The second-order valence-electron chi connectivity index (χ2n) is 6.74. The first-order chi connectivity index (χ1) is 13.3. The second-order valence-corrected chi connectivity index (χ2v) is 6.74. The van der Waals surface area contributed by atoms with Crippen LogP contribution in [0.1, 0.15) is 31.2 Å². The minimum atomic E-state index is -1.07. The highest BCUT2D eigenvalue weighted by molar-refractivity contribution is 6.04. The lowest BCUT2D eigenvalue weighted by Gasteiger charge is -2.29. The monoisotopic (exact) mass is 388 g/mol. The fourth-order valence-corrected chi connectivity index (χ4v) is 3.11. The van der Waals surface area contributed by atoms with E-state index in [4.69, 9.17) is 9.47 Å². The number of allylic oxidation sites excluding steroid dienone is 1. The van der Waals surface area contributed by atoms with Crippen molar-refractivity contribution in [2.24, 2.45) is 5.92 Å². The Balaban J connectivity index is 2.12. The van der Waals surface area contributed by atoms with Gasteiger partial charge in [-0.15, -0.1) is 0 Å². The van der Waals surface area contributed by atoms with Gasteiger partial charge >= 0.3 is 5.97 Å². The van der Waals surface area contributed by atoms with E-state index in [1.165, 1.54) is 32.2 Å². The molecule has 0 spiro atoms. The zero-order valence-electron chi connectivity index (χ0n) is 15.4. The van der Waals surface area contributed by atoms with Gasteiger partial charge in [0.2, 0.25) is 0 Å². The lowest BCUT2D eigenvalue weighted by molar-refractivity contribution is -0.384. The molecule has 1 aromatic carbocycles. The first-order valence-corrected chi connectivity index (χ1v) is 8.74. The summed E-state index contributed by atoms with van der Waals surface area (Å²) in [4.78, 5) is 35.9. The Hall–Kier alpha value is -3.36. The zero-order chi connectivity index (χ0) is 20.4. The van der Waals surface area contributed by atoms with Gasteiger partial charge in [0.1, 0.15) is 5.57 Å². The van der Waals surface area contributed by atoms with E-state index < -0.39 is 28.7 Å². The number of amides is 1. The molecule has 0 radical (unpaired) electrons. The molecular weight excluding hydrogens is 368 g/mol. The number of nitrogens with one attached hydrogen (secondary N) is 1. The number of nitro benzene ring substituents is 1. The topological polar surface area (TPSA) is 128 Å². The van der Waals surface area contributed by atoms with Crippen LogP contribution in [0.25, 0.3) is 0 Å². The summed E-state index contributed by atoms with van der Waals surface area (Å²) in [6.45, 7) is 1.80. The molecule has 148 valence electrons. The van der Waals surface area contributed by atoms with Crippen molar-refractivity contribution < 1.29 is 29.1 Å². The molecule has 2 N–H and O–H groups in total. The van der Waals surface area contributed by atoms with Crippen molar-refractivity contribution in [1.82, 2.24) is 5.32 Å². The molecule has 2 aliphatic rings. The fourth-order valence-electron chi connectivity index (χ4n) is 3.11. The van der Waals surface area contributed by atoms with Gasteiger partial charge in [0.05, 0.1) is 30.1 Å². The number of carbonyl (C=O) groups excluding carboxylic acids is 2. The number of ether oxygens (including phenoxy) is 2. The molecule has 1 saturated carbocycles. The molecule has 0 bridgehead atoms. The SMILES string of the molecule is CO/C(O)=C1\C(=O)NC(C)=C(C(=O)OCC2CC2)C1c1cccc([N+](=O)[O-])c1. The number of aliphatic hydroxyl groups excluding tert-OH is 1. The van der Waals surface area contributed by atoms with Crippen molar-refractivity contribution in [2.75, 3.05) is 13.7 Å². The molecule has 1 fully saturated rings. The van der Waals surface area contributed by atoms with E-state index in [0.717, 1.165) is 12.8 Å². The summed E-state index contributed by atoms with van der Waals surface area (Å²) in [5, 5.41) is 23.9. The summed E-state index contributed by atoms with van der Waals surface area (Å²) in [6.07, 6.45) is 1.98. The highest BCUT2D eigenvalue weighted by atomic mass is 16.6. The Morgan fingerprint density at radius 3 is 2.71 bits per heavy atom. The molecule has 1 amide bonds. The van der Waals surface area contributed by atoms with E-state index in [1.54, 1.807) is 6.07 Å². The number of hydrogen-bond acceptors (Lipinski definition) is 7. The standard InChI is InChI=1S/C19H20N2O7/c1-10-14(19(24)28-9-11-6-7-11)15(16(17(22)20-10)18(23)27-2)12-4-3-5-13(8-12)21(25)26/h3-5,8,11,15,23H,6-7,9H2,1-2H3,(H,20,22)/b18-16-. The van der Waals surface area contributed by atoms with Crippen LogP contribution in [0, 0.1) is 16.0 Å². The van der Waals surface area contributed by atoms with Crippen LogP contribution in [0.15, 0.2) is 47.1 Å². The number of methoxy groups -OCH3 is 1. The lowest BCUT2D eigenvalue weighted by atomic mass is 9.80. The predicted octanol–water partition coefficient (Wildman–Crippen LogP) is 2.45. The molecule has 1 aliphatic heterocycles. The van der Waals surface area contributed by atoms with Crippen molar-refractivity contribution in [1.29, 1.82) is 0 Å². The third kappa shape index (κ3) is 3.83. The van der Waals surface area contributed by atoms with E-state index in [-0.39, 0.29) is 29.1 Å². The number of esters is 1. The Kier molecular flexibility index (Phi) is 5.34. The van der Waals surface area contributed by atoms with Crippen LogP contribution in [-0.4, -0.2) is 35.6 Å². The van der Waals surface area contributed by atoms with E-state index in [1.807, 2.05) is 0 Å². The number of benzene rings is 1. The molecule has 9 heteroatoms. The fraction of sp³-hybridized carbons (Fsp3) is 0.368. The zero-order valence-corrected chi connectivity index (χ0v) is 15.4. The van der Waals surface area contributed by atoms with Crippen LogP contribution in [0.2, 0.25) is 0 Å². The van der Waals surface area contributed by atoms with E-state index >= 15 is 0 Å². The number of non-ortho nitro benzene ring substituents is 1. The largest absolute Gasteiger partial charge is 0.481 e. The summed E-state index contributed by atoms with van der Waals surface area (Å²) in [7, 11) is 1.18. The van der Waals surface area contributed by atoms with Crippen LogP contribution in [0.3, 0.4) is 0 Å². The van der Waals surface area contributed by atoms with Crippen molar-refractivity contribution >= 4 is 17.6 Å². The average molecular weight is 388 g/mol. The van der Waals surface area contributed by atoms with Gasteiger partial charge < -0.3 is 19.9 Å². The Labute approximate surface area is 160 Å². The normalized spacial score (nSPS) is 21.1. The second kappa shape index (κ2) is 7.71. The summed E-state index contributed by atoms with van der Waals surface area (Å²) < 4.78 is 10.2. The van der Waals surface area contributed by atoms with Gasteiger partial charge in [-0.25, -0.2) is 4.79 Å². The minimum Gasteiger partial charge on any atom is -0.481 e. The van der Waals surface area contributed by atoms with Gasteiger partial charge in [-0.3, -0.25) is 14.9 Å². The van der Waals surface area contributed by atoms with Crippen LogP contribution in [0.4, 0.5) is 5.69 Å². The minimum absolute atomic E-state index is 0.0966. The lowest BCUT2D eigenvalue weighted by Crippen LogP contribution is -2.37. The van der Waals surface area contributed by atoms with Crippen molar-refractivity contribution in [3.63, 3.8) is 0 Å². The Bertz CT molecular complexity index is 899. The van der Waals surface area contributed by atoms with Crippen LogP contribution in [0.5, 0.6) is 0 Å². The number of nitro groups is 1. The molecule has 1 aromatic rings. The molecule has 0 aromatic heterocycles. The molecule has 3 rings (SSSR count). The molecule has 0 saturated heterocycles. The summed E-state index contributed by atoms with van der Waals surface area (Å²) >= 11 is 0. The third-order valence-corrected chi connectivity index (χ3v) is 4.73. The first-order valence-electron chi connectivity index (χ1n) is 8.74. The van der Waals surface area contributed by atoms with E-state index in [0.29, 0.717) is 11.5 Å². The molecule has 28 heavy (non-hydrogen) atoms. The molecular formula is C19H20N2O7. The van der Waals surface area contributed by atoms with Crippen LogP contribution >= 0.6 is 0 Å². The van der Waals surface area contributed by atoms with Gasteiger partial charge in [0.15, 0.2) is 0 Å². The number of aliphatic hydroxyl groups is 1. The summed E-state index contributed by atoms with van der Waals surface area (Å²) in [5.74, 6) is -2.72. The Morgan fingerprint density at radius 2 is 2.11 bits per heavy atom. The Morgan fingerprint density at radius 1 is 1.39 bits per heavy atom. The summed E-state index contributed by atoms with van der Waals surface area (Å²) in [5.41, 5.74) is 0.227. The predicted molar refractivity (Wildman–Crippen MR) is 97.0 cm³/mol. The molecule has 1 heterocycles. The maximum Gasteiger partial charge on any atom is 0.336 e. The van der Waals surface area contributed by atoms with Crippen LogP contribution < -0.4 is 5.32 Å². The smallest absolute Gasteiger partial charge is 0.336 e. The maximum atomic E-state index is 12.8.